The summed E-state index contributed by atoms with van der Waals surface area (Å²) in [5.41, 5.74) is 8.70. The van der Waals surface area contributed by atoms with Gasteiger partial charge in [-0.3, -0.25) is 0 Å². The van der Waals surface area contributed by atoms with Gasteiger partial charge in [-0.15, -0.1) is 0 Å². The fraction of sp³-hybridized carbons (Fsp3) is 0. The zero-order valence-electron chi connectivity index (χ0n) is 9.11. The number of rotatable bonds is 1. The number of halogens is 2. The first-order valence-corrected chi connectivity index (χ1v) is 5.96. The molecule has 0 amide bonds. The number of aromatic nitrogens is 3. The standard InChI is InChI=1S/C12H8Cl2N4/c13-7-3-9-10(4-8(7)15)18-12(17-9)6-1-2-11(14)16-5-6/h1-5H,15H2,(H,17,18). The molecule has 0 spiro atoms. The molecule has 0 saturated carbocycles. The van der Waals surface area contributed by atoms with Crippen LogP contribution in [-0.4, -0.2) is 15.0 Å². The van der Waals surface area contributed by atoms with Crippen molar-refractivity contribution >= 4 is 39.9 Å². The Bertz CT molecular complexity index is 680. The number of anilines is 1. The number of nitrogens with zero attached hydrogens (tertiary/aromatic N) is 2. The Labute approximate surface area is 113 Å². The van der Waals surface area contributed by atoms with Crippen LogP contribution >= 0.6 is 23.2 Å². The maximum absolute atomic E-state index is 5.96. The largest absolute Gasteiger partial charge is 0.397 e. The Hall–Kier alpha value is -1.78. The van der Waals surface area contributed by atoms with Crippen LogP contribution in [0.3, 0.4) is 0 Å². The van der Waals surface area contributed by atoms with Crippen LogP contribution in [0.15, 0.2) is 30.5 Å². The molecule has 2 heterocycles. The van der Waals surface area contributed by atoms with Crippen molar-refractivity contribution in [1.29, 1.82) is 0 Å². The van der Waals surface area contributed by atoms with Crippen molar-refractivity contribution in [3.63, 3.8) is 0 Å². The number of H-pyrrole nitrogens is 1. The number of aromatic amines is 1. The minimum Gasteiger partial charge on any atom is -0.397 e. The number of nitrogen functional groups attached to an aromatic ring is 1. The number of nitrogens with one attached hydrogen (secondary N) is 1. The van der Waals surface area contributed by atoms with E-state index in [-0.39, 0.29) is 0 Å². The van der Waals surface area contributed by atoms with E-state index in [1.807, 2.05) is 6.07 Å². The van der Waals surface area contributed by atoms with Gasteiger partial charge in [0.25, 0.3) is 0 Å². The predicted octanol–water partition coefficient (Wildman–Crippen LogP) is 3.51. The van der Waals surface area contributed by atoms with Crippen LogP contribution in [0.25, 0.3) is 22.4 Å². The number of hydrogen-bond acceptors (Lipinski definition) is 3. The fourth-order valence-electron chi connectivity index (χ4n) is 1.70. The van der Waals surface area contributed by atoms with E-state index in [4.69, 9.17) is 28.9 Å². The van der Waals surface area contributed by atoms with Crippen LogP contribution in [0.4, 0.5) is 5.69 Å². The summed E-state index contributed by atoms with van der Waals surface area (Å²) in [6.45, 7) is 0. The molecular formula is C12H8Cl2N4. The molecule has 18 heavy (non-hydrogen) atoms. The molecule has 0 aliphatic carbocycles. The van der Waals surface area contributed by atoms with E-state index in [1.165, 1.54) is 0 Å². The van der Waals surface area contributed by atoms with E-state index in [0.717, 1.165) is 16.6 Å². The zero-order valence-corrected chi connectivity index (χ0v) is 10.6. The molecule has 0 unspecified atom stereocenters. The SMILES string of the molecule is Nc1cc2nc(-c3ccc(Cl)nc3)[nH]c2cc1Cl. The van der Waals surface area contributed by atoms with Crippen LogP contribution in [0.1, 0.15) is 0 Å². The quantitative estimate of drug-likeness (QED) is 0.529. The molecule has 0 saturated heterocycles. The lowest BCUT2D eigenvalue weighted by Gasteiger charge is -1.95. The molecule has 0 aliphatic heterocycles. The van der Waals surface area contributed by atoms with Crippen molar-refractivity contribution in [2.45, 2.75) is 0 Å². The van der Waals surface area contributed by atoms with Crippen molar-refractivity contribution < 1.29 is 0 Å². The van der Waals surface area contributed by atoms with Crippen molar-refractivity contribution in [1.82, 2.24) is 15.0 Å². The summed E-state index contributed by atoms with van der Waals surface area (Å²) in [5, 5.41) is 0.953. The van der Waals surface area contributed by atoms with Gasteiger partial charge in [-0.1, -0.05) is 23.2 Å². The first kappa shape index (κ1) is 11.3. The van der Waals surface area contributed by atoms with Gasteiger partial charge in [0, 0.05) is 11.8 Å². The van der Waals surface area contributed by atoms with Crippen molar-refractivity contribution in [3.05, 3.63) is 40.6 Å². The van der Waals surface area contributed by atoms with Crippen LogP contribution in [0.5, 0.6) is 0 Å². The average molecular weight is 279 g/mol. The summed E-state index contributed by atoms with van der Waals surface area (Å²) >= 11 is 11.7. The van der Waals surface area contributed by atoms with E-state index in [0.29, 0.717) is 21.7 Å². The summed E-state index contributed by atoms with van der Waals surface area (Å²) in [5.74, 6) is 0.704. The lowest BCUT2D eigenvalue weighted by Crippen LogP contribution is -1.85. The number of nitrogens with two attached hydrogens (primary N) is 1. The van der Waals surface area contributed by atoms with E-state index >= 15 is 0 Å². The number of pyridine rings is 1. The van der Waals surface area contributed by atoms with Gasteiger partial charge < -0.3 is 10.7 Å². The average Bonchev–Trinajstić information content (AvgIpc) is 2.73. The first-order valence-electron chi connectivity index (χ1n) is 5.20. The maximum Gasteiger partial charge on any atom is 0.140 e. The predicted molar refractivity (Wildman–Crippen MR) is 73.8 cm³/mol. The molecule has 3 rings (SSSR count). The monoisotopic (exact) mass is 278 g/mol. The van der Waals surface area contributed by atoms with Crippen LogP contribution < -0.4 is 5.73 Å². The number of fused-ring (bicyclic) bond motifs is 1. The second kappa shape index (κ2) is 4.15. The summed E-state index contributed by atoms with van der Waals surface area (Å²) in [7, 11) is 0. The molecule has 0 fully saturated rings. The first-order chi connectivity index (χ1) is 8.63. The molecule has 1 aromatic carbocycles. The lowest BCUT2D eigenvalue weighted by atomic mass is 10.3. The third-order valence-electron chi connectivity index (χ3n) is 2.60. The van der Waals surface area contributed by atoms with E-state index < -0.39 is 0 Å². The highest BCUT2D eigenvalue weighted by molar-refractivity contribution is 6.33. The molecular weight excluding hydrogens is 271 g/mol. The van der Waals surface area contributed by atoms with E-state index in [2.05, 4.69) is 15.0 Å². The highest BCUT2D eigenvalue weighted by Crippen LogP contribution is 2.27. The lowest BCUT2D eigenvalue weighted by molar-refractivity contribution is 1.27. The van der Waals surface area contributed by atoms with Gasteiger partial charge in [0.2, 0.25) is 0 Å². The summed E-state index contributed by atoms with van der Waals surface area (Å²) < 4.78 is 0. The Balaban J connectivity index is 2.16. The van der Waals surface area contributed by atoms with Gasteiger partial charge in [0.05, 0.1) is 21.7 Å². The Kier molecular flexibility index (Phi) is 2.61. The molecule has 4 nitrogen and oxygen atoms in total. The number of hydrogen-bond donors (Lipinski definition) is 2. The van der Waals surface area contributed by atoms with E-state index in [1.54, 1.807) is 24.4 Å². The van der Waals surface area contributed by atoms with Crippen molar-refractivity contribution in [3.8, 4) is 11.4 Å². The number of benzene rings is 1. The number of imidazole rings is 1. The minimum atomic E-state index is 0.446. The van der Waals surface area contributed by atoms with E-state index in [9.17, 15) is 0 Å². The van der Waals surface area contributed by atoms with Crippen LogP contribution in [0.2, 0.25) is 10.2 Å². The molecule has 0 aliphatic rings. The summed E-state index contributed by atoms with van der Waals surface area (Å²) in [4.78, 5) is 11.6. The van der Waals surface area contributed by atoms with Gasteiger partial charge in [0.15, 0.2) is 0 Å². The van der Waals surface area contributed by atoms with Gasteiger partial charge in [-0.05, 0) is 24.3 Å². The van der Waals surface area contributed by atoms with Gasteiger partial charge >= 0.3 is 0 Å². The smallest absolute Gasteiger partial charge is 0.140 e. The van der Waals surface area contributed by atoms with Crippen molar-refractivity contribution in [2.75, 3.05) is 5.73 Å². The molecule has 2 aromatic heterocycles. The molecule has 0 radical (unpaired) electrons. The normalized spacial score (nSPS) is 11.0. The second-order valence-electron chi connectivity index (χ2n) is 3.85. The van der Waals surface area contributed by atoms with Crippen LogP contribution in [0, 0.1) is 0 Å². The summed E-state index contributed by atoms with van der Waals surface area (Å²) in [6, 6.07) is 7.05. The summed E-state index contributed by atoms with van der Waals surface area (Å²) in [6.07, 6.45) is 1.66. The molecule has 90 valence electrons. The second-order valence-corrected chi connectivity index (χ2v) is 4.64. The molecule has 3 N–H and O–H groups in total. The molecule has 3 aromatic rings. The third-order valence-corrected chi connectivity index (χ3v) is 3.15. The highest BCUT2D eigenvalue weighted by atomic mass is 35.5. The van der Waals surface area contributed by atoms with Crippen molar-refractivity contribution in [2.24, 2.45) is 0 Å². The zero-order chi connectivity index (χ0) is 12.7. The van der Waals surface area contributed by atoms with Crippen LogP contribution in [-0.2, 0) is 0 Å². The van der Waals surface area contributed by atoms with Gasteiger partial charge in [-0.25, -0.2) is 9.97 Å². The maximum atomic E-state index is 5.96. The highest BCUT2D eigenvalue weighted by Gasteiger charge is 2.08. The van der Waals surface area contributed by atoms with Gasteiger partial charge in [-0.2, -0.15) is 0 Å². The Morgan fingerprint density at radius 3 is 2.72 bits per heavy atom. The fourth-order valence-corrected chi connectivity index (χ4v) is 1.97. The Morgan fingerprint density at radius 2 is 2.00 bits per heavy atom. The Morgan fingerprint density at radius 1 is 1.17 bits per heavy atom. The molecule has 0 bridgehead atoms. The molecule has 0 atom stereocenters. The molecule has 6 heteroatoms. The minimum absolute atomic E-state index is 0.446. The third kappa shape index (κ3) is 1.89. The topological polar surface area (TPSA) is 67.6 Å². The van der Waals surface area contributed by atoms with Gasteiger partial charge in [0.1, 0.15) is 11.0 Å².